The molecule has 1 fully saturated rings. The van der Waals surface area contributed by atoms with E-state index in [-0.39, 0.29) is 0 Å². The molecule has 2 nitrogen and oxygen atoms in total. The molecule has 0 bridgehead atoms. The monoisotopic (exact) mass is 286 g/mol. The Balaban J connectivity index is 2.00. The number of hydrogen-bond acceptors (Lipinski definition) is 2. The summed E-state index contributed by atoms with van der Waals surface area (Å²) in [6, 6.07) is 2.82. The summed E-state index contributed by atoms with van der Waals surface area (Å²) in [6.07, 6.45) is 3.75. The van der Waals surface area contributed by atoms with Crippen molar-refractivity contribution in [3.8, 4) is 0 Å². The average Bonchev–Trinajstić information content (AvgIpc) is 2.45. The number of pyridine rings is 1. The number of rotatable bonds is 4. The Labute approximate surface area is 117 Å². The van der Waals surface area contributed by atoms with Crippen LogP contribution in [0.4, 0.5) is 19.0 Å². The maximum absolute atomic E-state index is 12.5. The smallest absolute Gasteiger partial charge is 0.367 e. The third-order valence-electron chi connectivity index (χ3n) is 4.08. The van der Waals surface area contributed by atoms with Gasteiger partial charge in [-0.05, 0) is 37.3 Å². The van der Waals surface area contributed by atoms with Gasteiger partial charge in [0.1, 0.15) is 5.82 Å². The highest BCUT2D eigenvalue weighted by atomic mass is 19.4. The van der Waals surface area contributed by atoms with E-state index in [1.807, 2.05) is 0 Å². The predicted octanol–water partition coefficient (Wildman–Crippen LogP) is 4.87. The highest BCUT2D eigenvalue weighted by molar-refractivity contribution is 5.37. The lowest BCUT2D eigenvalue weighted by molar-refractivity contribution is -0.137. The van der Waals surface area contributed by atoms with Crippen molar-refractivity contribution in [3.63, 3.8) is 0 Å². The third kappa shape index (κ3) is 3.87. The zero-order valence-electron chi connectivity index (χ0n) is 11.7. The van der Waals surface area contributed by atoms with E-state index in [1.54, 1.807) is 0 Å². The van der Waals surface area contributed by atoms with Crippen molar-refractivity contribution < 1.29 is 13.2 Å². The molecule has 1 saturated carbocycles. The molecule has 1 unspecified atom stereocenters. The Bertz CT molecular complexity index is 408. The molecule has 1 atom stereocenters. The first-order chi connectivity index (χ1) is 9.50. The van der Waals surface area contributed by atoms with Crippen molar-refractivity contribution in [2.45, 2.75) is 57.7 Å². The quantitative estimate of drug-likeness (QED) is 0.854. The van der Waals surface area contributed by atoms with E-state index < -0.39 is 11.7 Å². The molecule has 1 aliphatic rings. The first-order valence-electron chi connectivity index (χ1n) is 7.30. The molecule has 0 saturated heterocycles. The number of hydrogen-bond donors (Lipinski definition) is 1. The molecule has 1 aromatic rings. The summed E-state index contributed by atoms with van der Waals surface area (Å²) in [5, 5.41) is 3.30. The summed E-state index contributed by atoms with van der Waals surface area (Å²) < 4.78 is 37.4. The summed E-state index contributed by atoms with van der Waals surface area (Å²) in [4.78, 5) is 3.90. The second kappa shape index (κ2) is 6.46. The van der Waals surface area contributed by atoms with E-state index in [1.165, 1.54) is 38.2 Å². The Hall–Kier alpha value is -1.26. The topological polar surface area (TPSA) is 24.9 Å². The van der Waals surface area contributed by atoms with Crippen LogP contribution in [0.2, 0.25) is 0 Å². The van der Waals surface area contributed by atoms with Crippen LogP contribution >= 0.6 is 0 Å². The van der Waals surface area contributed by atoms with Crippen molar-refractivity contribution in [2.75, 3.05) is 5.32 Å². The van der Waals surface area contributed by atoms with Crippen LogP contribution in [0, 0.1) is 5.92 Å². The van der Waals surface area contributed by atoms with Crippen molar-refractivity contribution in [1.82, 2.24) is 4.98 Å². The molecule has 2 rings (SSSR count). The number of anilines is 1. The highest BCUT2D eigenvalue weighted by Gasteiger charge is 2.30. The minimum Gasteiger partial charge on any atom is -0.367 e. The Morgan fingerprint density at radius 1 is 1.25 bits per heavy atom. The summed E-state index contributed by atoms with van der Waals surface area (Å²) in [5.74, 6) is 1.15. The summed E-state index contributed by atoms with van der Waals surface area (Å²) in [5.41, 5.74) is -0.700. The van der Waals surface area contributed by atoms with Gasteiger partial charge in [0.2, 0.25) is 0 Å². The average molecular weight is 286 g/mol. The third-order valence-corrected chi connectivity index (χ3v) is 4.08. The fourth-order valence-corrected chi connectivity index (χ4v) is 2.93. The van der Waals surface area contributed by atoms with Gasteiger partial charge in [-0.2, -0.15) is 13.2 Å². The largest absolute Gasteiger partial charge is 0.417 e. The summed E-state index contributed by atoms with van der Waals surface area (Å²) >= 11 is 0. The number of alkyl halides is 3. The lowest BCUT2D eigenvalue weighted by atomic mass is 9.83. The number of nitrogens with one attached hydrogen (secondary N) is 1. The first-order valence-corrected chi connectivity index (χ1v) is 7.30. The normalized spacial score (nSPS) is 18.8. The van der Waals surface area contributed by atoms with Crippen molar-refractivity contribution in [1.29, 1.82) is 0 Å². The molecule has 0 aliphatic heterocycles. The van der Waals surface area contributed by atoms with Gasteiger partial charge < -0.3 is 5.32 Å². The lowest BCUT2D eigenvalue weighted by Gasteiger charge is -2.30. The van der Waals surface area contributed by atoms with Crippen LogP contribution in [0.3, 0.4) is 0 Å². The van der Waals surface area contributed by atoms with Gasteiger partial charge in [-0.25, -0.2) is 4.98 Å². The van der Waals surface area contributed by atoms with Crippen LogP contribution < -0.4 is 5.32 Å². The second-order valence-corrected chi connectivity index (χ2v) is 5.49. The van der Waals surface area contributed by atoms with Crippen molar-refractivity contribution >= 4 is 5.82 Å². The Morgan fingerprint density at radius 2 is 1.95 bits per heavy atom. The van der Waals surface area contributed by atoms with E-state index in [0.717, 1.165) is 18.7 Å². The van der Waals surface area contributed by atoms with Crippen LogP contribution in [0.15, 0.2) is 18.3 Å². The van der Waals surface area contributed by atoms with Crippen LogP contribution in [0.25, 0.3) is 0 Å². The van der Waals surface area contributed by atoms with Gasteiger partial charge in [-0.1, -0.05) is 26.2 Å². The van der Waals surface area contributed by atoms with Crippen LogP contribution in [0.1, 0.15) is 51.0 Å². The number of halogens is 3. The molecule has 0 aromatic carbocycles. The van der Waals surface area contributed by atoms with E-state index >= 15 is 0 Å². The SMILES string of the molecule is CCC(Nc1ccc(C(F)(F)F)cn1)C1CCCCC1. The first kappa shape index (κ1) is 15.1. The Morgan fingerprint density at radius 3 is 2.45 bits per heavy atom. The highest BCUT2D eigenvalue weighted by Crippen LogP contribution is 2.31. The van der Waals surface area contributed by atoms with Gasteiger partial charge in [0, 0.05) is 12.2 Å². The van der Waals surface area contributed by atoms with Crippen LogP contribution in [-0.4, -0.2) is 11.0 Å². The summed E-state index contributed by atoms with van der Waals surface area (Å²) in [7, 11) is 0. The van der Waals surface area contributed by atoms with Crippen molar-refractivity contribution in [2.24, 2.45) is 5.92 Å². The van der Waals surface area contributed by atoms with Gasteiger partial charge >= 0.3 is 6.18 Å². The van der Waals surface area contributed by atoms with Gasteiger partial charge in [-0.3, -0.25) is 0 Å². The molecule has 1 heterocycles. The zero-order chi connectivity index (χ0) is 14.6. The van der Waals surface area contributed by atoms with Gasteiger partial charge in [0.15, 0.2) is 0 Å². The molecule has 112 valence electrons. The molecule has 5 heteroatoms. The molecule has 0 amide bonds. The molecule has 20 heavy (non-hydrogen) atoms. The molecule has 1 N–H and O–H groups in total. The maximum Gasteiger partial charge on any atom is 0.417 e. The fraction of sp³-hybridized carbons (Fsp3) is 0.667. The minimum atomic E-state index is -4.32. The number of aromatic nitrogens is 1. The standard InChI is InChI=1S/C15H21F3N2/c1-2-13(11-6-4-3-5-7-11)20-14-9-8-12(10-19-14)15(16,17)18/h8-11,13H,2-7H2,1H3,(H,19,20). The van der Waals surface area contributed by atoms with Gasteiger partial charge in [0.05, 0.1) is 5.56 Å². The maximum atomic E-state index is 12.5. The summed E-state index contributed by atoms with van der Waals surface area (Å²) in [6.45, 7) is 2.11. The molecular weight excluding hydrogens is 265 g/mol. The van der Waals surface area contributed by atoms with E-state index in [9.17, 15) is 13.2 Å². The molecule has 0 spiro atoms. The lowest BCUT2D eigenvalue weighted by Crippen LogP contribution is -2.30. The van der Waals surface area contributed by atoms with Crippen LogP contribution in [-0.2, 0) is 6.18 Å². The molecular formula is C15H21F3N2. The minimum absolute atomic E-state index is 0.305. The van der Waals surface area contributed by atoms with E-state index in [4.69, 9.17) is 0 Å². The number of nitrogens with zero attached hydrogens (tertiary/aromatic N) is 1. The fourth-order valence-electron chi connectivity index (χ4n) is 2.93. The molecule has 1 aromatic heterocycles. The van der Waals surface area contributed by atoms with Gasteiger partial charge in [0.25, 0.3) is 0 Å². The zero-order valence-corrected chi connectivity index (χ0v) is 11.7. The van der Waals surface area contributed by atoms with E-state index in [0.29, 0.717) is 17.8 Å². The molecule has 1 aliphatic carbocycles. The molecule has 0 radical (unpaired) electrons. The Kier molecular flexibility index (Phi) is 4.89. The second-order valence-electron chi connectivity index (χ2n) is 5.49. The van der Waals surface area contributed by atoms with Crippen LogP contribution in [0.5, 0.6) is 0 Å². The van der Waals surface area contributed by atoms with E-state index in [2.05, 4.69) is 17.2 Å². The van der Waals surface area contributed by atoms with Gasteiger partial charge in [-0.15, -0.1) is 0 Å². The van der Waals surface area contributed by atoms with Crippen molar-refractivity contribution in [3.05, 3.63) is 23.9 Å². The predicted molar refractivity (Wildman–Crippen MR) is 73.5 cm³/mol.